The van der Waals surface area contributed by atoms with Gasteiger partial charge in [-0.25, -0.2) is 0 Å². The summed E-state index contributed by atoms with van der Waals surface area (Å²) in [6.07, 6.45) is 3.33. The molecule has 2 heterocycles. The highest BCUT2D eigenvalue weighted by atomic mass is 32.1. The predicted octanol–water partition coefficient (Wildman–Crippen LogP) is 4.49. The summed E-state index contributed by atoms with van der Waals surface area (Å²) in [5.41, 5.74) is 10.9. The summed E-state index contributed by atoms with van der Waals surface area (Å²) in [5.74, 6) is 0. The van der Waals surface area contributed by atoms with Gasteiger partial charge >= 0.3 is 0 Å². The van der Waals surface area contributed by atoms with E-state index in [0.717, 1.165) is 25.8 Å². The van der Waals surface area contributed by atoms with Crippen molar-refractivity contribution < 1.29 is 0 Å². The largest absolute Gasteiger partial charge is 0.354 e. The molecule has 0 amide bonds. The van der Waals surface area contributed by atoms with Gasteiger partial charge in [-0.05, 0) is 61.4 Å². The smallest absolute Gasteiger partial charge is 0.0598 e. The molecule has 0 aliphatic carbocycles. The Morgan fingerprint density at radius 3 is 2.80 bits per heavy atom. The van der Waals surface area contributed by atoms with Crippen LogP contribution < -0.4 is 5.73 Å². The molecule has 3 heteroatoms. The van der Waals surface area contributed by atoms with Gasteiger partial charge in [0, 0.05) is 10.9 Å². The van der Waals surface area contributed by atoms with Crippen molar-refractivity contribution in [2.45, 2.75) is 26.2 Å². The van der Waals surface area contributed by atoms with E-state index < -0.39 is 0 Å². The van der Waals surface area contributed by atoms with E-state index in [9.17, 15) is 0 Å². The summed E-state index contributed by atoms with van der Waals surface area (Å²) in [5, 5.41) is 3.57. The van der Waals surface area contributed by atoms with Crippen LogP contribution in [0.3, 0.4) is 0 Å². The number of benzene rings is 1. The number of para-hydroxylation sites is 1. The number of hydrogen-bond acceptors (Lipinski definition) is 2. The lowest BCUT2D eigenvalue weighted by atomic mass is 10.0. The zero-order chi connectivity index (χ0) is 13.9. The third-order valence-corrected chi connectivity index (χ3v) is 4.74. The highest BCUT2D eigenvalue weighted by Gasteiger charge is 2.13. The van der Waals surface area contributed by atoms with Crippen LogP contribution in [-0.4, -0.2) is 11.5 Å². The average molecular weight is 284 g/mol. The van der Waals surface area contributed by atoms with Crippen LogP contribution in [0.5, 0.6) is 0 Å². The molecule has 0 fully saturated rings. The van der Waals surface area contributed by atoms with Crippen LogP contribution in [0.25, 0.3) is 21.5 Å². The standard InChI is InChI=1S/C17H20N2S/c1-12-10-16(20-11-12)17-14(7-4-5-9-18)13-6-2-3-8-15(13)19-17/h2-3,6,8,10-11,19H,4-5,7,9,18H2,1H3. The molecule has 0 aliphatic rings. The van der Waals surface area contributed by atoms with Crippen LogP contribution in [0, 0.1) is 6.92 Å². The van der Waals surface area contributed by atoms with Gasteiger partial charge in [-0.15, -0.1) is 11.3 Å². The van der Waals surface area contributed by atoms with Gasteiger partial charge in [-0.2, -0.15) is 0 Å². The van der Waals surface area contributed by atoms with E-state index >= 15 is 0 Å². The number of H-pyrrole nitrogens is 1. The molecule has 3 N–H and O–H groups in total. The molecule has 0 bridgehead atoms. The van der Waals surface area contributed by atoms with E-state index in [1.165, 1.54) is 32.6 Å². The second-order valence-electron chi connectivity index (χ2n) is 5.26. The van der Waals surface area contributed by atoms with Gasteiger partial charge in [-0.1, -0.05) is 18.2 Å². The fourth-order valence-corrected chi connectivity index (χ4v) is 3.61. The highest BCUT2D eigenvalue weighted by molar-refractivity contribution is 7.13. The van der Waals surface area contributed by atoms with Crippen LogP contribution in [0.15, 0.2) is 35.7 Å². The number of unbranched alkanes of at least 4 members (excludes halogenated alkanes) is 1. The molecule has 0 spiro atoms. The summed E-state index contributed by atoms with van der Waals surface area (Å²) < 4.78 is 0. The molecule has 0 atom stereocenters. The fraction of sp³-hybridized carbons (Fsp3) is 0.294. The van der Waals surface area contributed by atoms with Crippen molar-refractivity contribution in [1.82, 2.24) is 4.98 Å². The summed E-state index contributed by atoms with van der Waals surface area (Å²) in [6.45, 7) is 2.92. The number of aromatic amines is 1. The lowest BCUT2D eigenvalue weighted by Crippen LogP contribution is -1.99. The van der Waals surface area contributed by atoms with E-state index in [4.69, 9.17) is 5.73 Å². The first-order chi connectivity index (χ1) is 9.79. The van der Waals surface area contributed by atoms with Gasteiger partial charge in [0.2, 0.25) is 0 Å². The quantitative estimate of drug-likeness (QED) is 0.666. The molecule has 2 nitrogen and oxygen atoms in total. The third-order valence-electron chi connectivity index (χ3n) is 3.67. The van der Waals surface area contributed by atoms with Crippen LogP contribution >= 0.6 is 11.3 Å². The molecular formula is C17H20N2S. The van der Waals surface area contributed by atoms with Gasteiger partial charge in [0.25, 0.3) is 0 Å². The monoisotopic (exact) mass is 284 g/mol. The number of nitrogens with two attached hydrogens (primary N) is 1. The van der Waals surface area contributed by atoms with E-state index in [0.29, 0.717) is 0 Å². The normalized spacial score (nSPS) is 11.3. The minimum Gasteiger partial charge on any atom is -0.354 e. The molecule has 0 saturated heterocycles. The van der Waals surface area contributed by atoms with Crippen molar-refractivity contribution in [1.29, 1.82) is 0 Å². The fourth-order valence-electron chi connectivity index (χ4n) is 2.68. The second kappa shape index (κ2) is 5.81. The molecule has 3 aromatic rings. The Labute approximate surface area is 123 Å². The Hall–Kier alpha value is -1.58. The van der Waals surface area contributed by atoms with Gasteiger partial charge in [0.05, 0.1) is 10.6 Å². The van der Waals surface area contributed by atoms with E-state index in [-0.39, 0.29) is 0 Å². The third kappa shape index (κ3) is 2.51. The Bertz CT molecular complexity index is 709. The number of hydrogen-bond donors (Lipinski definition) is 2. The summed E-state index contributed by atoms with van der Waals surface area (Å²) in [6, 6.07) is 10.8. The average Bonchev–Trinajstić information content (AvgIpc) is 3.03. The van der Waals surface area contributed by atoms with Gasteiger partial charge in [0.1, 0.15) is 0 Å². The van der Waals surface area contributed by atoms with Crippen molar-refractivity contribution >= 4 is 22.2 Å². The number of thiophene rings is 1. The van der Waals surface area contributed by atoms with E-state index in [2.05, 4.69) is 47.6 Å². The van der Waals surface area contributed by atoms with Crippen molar-refractivity contribution in [2.24, 2.45) is 5.73 Å². The lowest BCUT2D eigenvalue weighted by molar-refractivity contribution is 0.748. The molecule has 0 unspecified atom stereocenters. The number of nitrogens with one attached hydrogen (secondary N) is 1. The van der Waals surface area contributed by atoms with Crippen molar-refractivity contribution in [2.75, 3.05) is 6.54 Å². The van der Waals surface area contributed by atoms with Gasteiger partial charge in [0.15, 0.2) is 0 Å². The van der Waals surface area contributed by atoms with E-state index in [1.807, 2.05) is 11.3 Å². The molecular weight excluding hydrogens is 264 g/mol. The SMILES string of the molecule is Cc1csc(-c2[nH]c3ccccc3c2CCCCN)c1. The van der Waals surface area contributed by atoms with Crippen LogP contribution in [0.1, 0.15) is 24.0 Å². The predicted molar refractivity (Wildman–Crippen MR) is 88.3 cm³/mol. The number of aryl methyl sites for hydroxylation is 2. The zero-order valence-corrected chi connectivity index (χ0v) is 12.6. The first-order valence-electron chi connectivity index (χ1n) is 7.15. The Balaban J connectivity index is 2.07. The number of aromatic nitrogens is 1. The highest BCUT2D eigenvalue weighted by Crippen LogP contribution is 2.34. The number of rotatable bonds is 5. The second-order valence-corrected chi connectivity index (χ2v) is 6.17. The number of fused-ring (bicyclic) bond motifs is 1. The summed E-state index contributed by atoms with van der Waals surface area (Å²) in [7, 11) is 0. The molecule has 1 aromatic carbocycles. The van der Waals surface area contributed by atoms with Crippen LogP contribution in [0.4, 0.5) is 0 Å². The molecule has 0 radical (unpaired) electrons. The summed E-state index contributed by atoms with van der Waals surface area (Å²) in [4.78, 5) is 4.93. The van der Waals surface area contributed by atoms with Crippen LogP contribution in [0.2, 0.25) is 0 Å². The van der Waals surface area contributed by atoms with Crippen molar-refractivity contribution in [3.63, 3.8) is 0 Å². The topological polar surface area (TPSA) is 41.8 Å². The molecule has 0 aliphatic heterocycles. The minimum atomic E-state index is 0.774. The Morgan fingerprint density at radius 2 is 2.05 bits per heavy atom. The first-order valence-corrected chi connectivity index (χ1v) is 8.02. The van der Waals surface area contributed by atoms with Gasteiger partial charge < -0.3 is 10.7 Å². The first kappa shape index (κ1) is 13.4. The van der Waals surface area contributed by atoms with Crippen molar-refractivity contribution in [3.05, 3.63) is 46.8 Å². The van der Waals surface area contributed by atoms with E-state index in [1.54, 1.807) is 0 Å². The zero-order valence-electron chi connectivity index (χ0n) is 11.8. The molecule has 2 aromatic heterocycles. The molecule has 0 saturated carbocycles. The maximum absolute atomic E-state index is 5.63. The minimum absolute atomic E-state index is 0.774. The maximum atomic E-state index is 5.63. The molecule has 20 heavy (non-hydrogen) atoms. The van der Waals surface area contributed by atoms with Gasteiger partial charge in [-0.3, -0.25) is 0 Å². The van der Waals surface area contributed by atoms with Crippen molar-refractivity contribution in [3.8, 4) is 10.6 Å². The molecule has 104 valence electrons. The maximum Gasteiger partial charge on any atom is 0.0598 e. The lowest BCUT2D eigenvalue weighted by Gasteiger charge is -2.03. The molecule has 3 rings (SSSR count). The summed E-state index contributed by atoms with van der Waals surface area (Å²) >= 11 is 1.82. The Kier molecular flexibility index (Phi) is 3.90. The Morgan fingerprint density at radius 1 is 1.20 bits per heavy atom. The van der Waals surface area contributed by atoms with Crippen LogP contribution in [-0.2, 0) is 6.42 Å².